The molecule has 1 aromatic heterocycles. The molecule has 0 N–H and O–H groups in total. The third-order valence-corrected chi connectivity index (χ3v) is 12.0. The second kappa shape index (κ2) is 11.1. The Bertz CT molecular complexity index is 3170. The minimum Gasteiger partial charge on any atom is -0.135 e. The van der Waals surface area contributed by atoms with E-state index in [0.29, 0.717) is 0 Å². The number of hydrogen-bond acceptors (Lipinski definition) is 1. The predicted molar refractivity (Wildman–Crippen MR) is 223 cm³/mol. The molecule has 51 heavy (non-hydrogen) atoms. The fourth-order valence-electron chi connectivity index (χ4n) is 8.42. The highest BCUT2D eigenvalue weighted by molar-refractivity contribution is 7.25. The zero-order valence-electron chi connectivity index (χ0n) is 27.7. The van der Waals surface area contributed by atoms with Crippen molar-refractivity contribution in [2.45, 2.75) is 0 Å². The largest absolute Gasteiger partial charge is 0.135 e. The van der Waals surface area contributed by atoms with E-state index in [2.05, 4.69) is 182 Å². The molecule has 11 rings (SSSR count). The van der Waals surface area contributed by atoms with Crippen molar-refractivity contribution in [3.63, 3.8) is 0 Å². The van der Waals surface area contributed by atoms with Crippen LogP contribution >= 0.6 is 11.3 Å². The monoisotopic (exact) mass is 662 g/mol. The molecule has 0 nitrogen and oxygen atoms in total. The van der Waals surface area contributed by atoms with Crippen LogP contribution in [0.4, 0.5) is 0 Å². The summed E-state index contributed by atoms with van der Waals surface area (Å²) in [5.41, 5.74) is 7.44. The molecule has 0 radical (unpaired) electrons. The summed E-state index contributed by atoms with van der Waals surface area (Å²) in [4.78, 5) is 0. The Kier molecular flexibility index (Phi) is 6.22. The van der Waals surface area contributed by atoms with Crippen LogP contribution in [0.5, 0.6) is 0 Å². The average Bonchev–Trinajstić information content (AvgIpc) is 3.59. The van der Waals surface area contributed by atoms with Crippen molar-refractivity contribution in [1.29, 1.82) is 0 Å². The molecule has 0 amide bonds. The van der Waals surface area contributed by atoms with Crippen LogP contribution in [0.15, 0.2) is 182 Å². The van der Waals surface area contributed by atoms with Gasteiger partial charge in [0.25, 0.3) is 0 Å². The van der Waals surface area contributed by atoms with Crippen molar-refractivity contribution in [3.8, 4) is 33.4 Å². The first kappa shape index (κ1) is 28.5. The lowest BCUT2D eigenvalue weighted by atomic mass is 9.85. The summed E-state index contributed by atoms with van der Waals surface area (Å²) in [6.45, 7) is 0. The van der Waals surface area contributed by atoms with E-state index >= 15 is 0 Å². The van der Waals surface area contributed by atoms with Gasteiger partial charge in [-0.3, -0.25) is 0 Å². The number of hydrogen-bond donors (Lipinski definition) is 0. The standard InChI is InChI=1S/C50H30S/c1-2-10-31(11-3-1)34-23-26-43-45(28-34)37-12-4-6-15-41(37)50-44-27-24-35(29-46(44)38-13-5-7-16-42(38)49(43)50)32-18-20-33(21-19-32)36-22-25-40-39-14-8-9-17-47(39)51-48(40)30-36/h1-30H. The van der Waals surface area contributed by atoms with Crippen LogP contribution in [0.2, 0.25) is 0 Å². The third kappa shape index (κ3) is 4.39. The fourth-order valence-corrected chi connectivity index (χ4v) is 9.57. The summed E-state index contributed by atoms with van der Waals surface area (Å²) in [6.07, 6.45) is 0. The van der Waals surface area contributed by atoms with Crippen molar-refractivity contribution in [3.05, 3.63) is 182 Å². The normalized spacial score (nSPS) is 11.9. The molecule has 0 aliphatic heterocycles. The van der Waals surface area contributed by atoms with E-state index in [1.165, 1.54) is 107 Å². The van der Waals surface area contributed by atoms with Crippen molar-refractivity contribution in [1.82, 2.24) is 0 Å². The summed E-state index contributed by atoms with van der Waals surface area (Å²) in [7, 11) is 0. The molecule has 0 spiro atoms. The lowest BCUT2D eigenvalue weighted by molar-refractivity contribution is 1.62. The van der Waals surface area contributed by atoms with Crippen LogP contribution in [0.3, 0.4) is 0 Å². The zero-order chi connectivity index (χ0) is 33.5. The average molecular weight is 663 g/mol. The molecule has 11 aromatic rings. The number of rotatable bonds is 3. The van der Waals surface area contributed by atoms with Crippen LogP contribution in [-0.4, -0.2) is 0 Å². The van der Waals surface area contributed by atoms with Gasteiger partial charge < -0.3 is 0 Å². The first-order valence-electron chi connectivity index (χ1n) is 17.6. The van der Waals surface area contributed by atoms with Gasteiger partial charge in [-0.25, -0.2) is 0 Å². The first-order chi connectivity index (χ1) is 25.3. The Morgan fingerprint density at radius 2 is 0.588 bits per heavy atom. The van der Waals surface area contributed by atoms with Crippen LogP contribution in [0.25, 0.3) is 107 Å². The topological polar surface area (TPSA) is 0 Å². The van der Waals surface area contributed by atoms with Gasteiger partial charge in [0.2, 0.25) is 0 Å². The SMILES string of the molecule is c1ccc(-c2ccc3c(c2)c2ccccc2c2c4ccc(-c5ccc(-c6ccc7c(c6)sc6ccccc67)cc5)cc4c4ccccc4c32)cc1. The van der Waals surface area contributed by atoms with Crippen LogP contribution in [0, 0.1) is 0 Å². The molecule has 0 bridgehead atoms. The van der Waals surface area contributed by atoms with Gasteiger partial charge >= 0.3 is 0 Å². The Labute approximate surface area is 299 Å². The minimum absolute atomic E-state index is 1.23. The molecule has 0 unspecified atom stereocenters. The number of thiophene rings is 1. The van der Waals surface area contributed by atoms with Gasteiger partial charge in [0.1, 0.15) is 0 Å². The number of benzene rings is 10. The van der Waals surface area contributed by atoms with Gasteiger partial charge in [-0.05, 0) is 112 Å². The van der Waals surface area contributed by atoms with Gasteiger partial charge in [0.05, 0.1) is 0 Å². The third-order valence-electron chi connectivity index (χ3n) is 10.8. The maximum Gasteiger partial charge on any atom is 0.0361 e. The molecule has 0 fully saturated rings. The molecule has 1 heteroatoms. The van der Waals surface area contributed by atoms with Crippen molar-refractivity contribution in [2.75, 3.05) is 0 Å². The van der Waals surface area contributed by atoms with E-state index in [4.69, 9.17) is 0 Å². The summed E-state index contributed by atoms with van der Waals surface area (Å²) < 4.78 is 2.68. The number of fused-ring (bicyclic) bond motifs is 14. The summed E-state index contributed by atoms with van der Waals surface area (Å²) >= 11 is 1.87. The maximum absolute atomic E-state index is 2.41. The van der Waals surface area contributed by atoms with Crippen LogP contribution in [-0.2, 0) is 0 Å². The zero-order valence-corrected chi connectivity index (χ0v) is 28.5. The van der Waals surface area contributed by atoms with Crippen LogP contribution < -0.4 is 0 Å². The summed E-state index contributed by atoms with van der Waals surface area (Å²) in [5.74, 6) is 0. The predicted octanol–water partition coefficient (Wildman–Crippen LogP) is 14.8. The van der Waals surface area contributed by atoms with Crippen molar-refractivity contribution in [2.24, 2.45) is 0 Å². The second-order valence-corrected chi connectivity index (χ2v) is 14.7. The summed E-state index contributed by atoms with van der Waals surface area (Å²) in [6, 6.07) is 67.5. The molecule has 0 aliphatic carbocycles. The summed E-state index contributed by atoms with van der Waals surface area (Å²) in [5, 5.41) is 15.7. The second-order valence-electron chi connectivity index (χ2n) is 13.6. The van der Waals surface area contributed by atoms with Gasteiger partial charge in [-0.2, -0.15) is 0 Å². The Balaban J connectivity index is 1.09. The molecule has 236 valence electrons. The van der Waals surface area contributed by atoms with E-state index < -0.39 is 0 Å². The smallest absolute Gasteiger partial charge is 0.0361 e. The Hall–Kier alpha value is -6.28. The quantitative estimate of drug-likeness (QED) is 0.165. The van der Waals surface area contributed by atoms with E-state index in [-0.39, 0.29) is 0 Å². The highest BCUT2D eigenvalue weighted by atomic mass is 32.1. The molecule has 1 heterocycles. The van der Waals surface area contributed by atoms with Gasteiger partial charge in [-0.15, -0.1) is 11.3 Å². The molecule has 10 aromatic carbocycles. The molecule has 0 aliphatic rings. The highest BCUT2D eigenvalue weighted by Gasteiger charge is 2.17. The van der Waals surface area contributed by atoms with Crippen LogP contribution in [0.1, 0.15) is 0 Å². The highest BCUT2D eigenvalue weighted by Crippen LogP contribution is 2.45. The van der Waals surface area contributed by atoms with E-state index in [1.54, 1.807) is 0 Å². The molecule has 0 atom stereocenters. The van der Waals surface area contributed by atoms with Crippen molar-refractivity contribution < 1.29 is 0 Å². The fraction of sp³-hybridized carbons (Fsp3) is 0. The minimum atomic E-state index is 1.23. The Morgan fingerprint density at radius 3 is 1.16 bits per heavy atom. The molecular weight excluding hydrogens is 633 g/mol. The lowest BCUT2D eigenvalue weighted by Gasteiger charge is -2.18. The van der Waals surface area contributed by atoms with Gasteiger partial charge in [-0.1, -0.05) is 158 Å². The van der Waals surface area contributed by atoms with E-state index in [9.17, 15) is 0 Å². The van der Waals surface area contributed by atoms with E-state index in [1.807, 2.05) is 11.3 Å². The Morgan fingerprint density at radius 1 is 0.216 bits per heavy atom. The van der Waals surface area contributed by atoms with Crippen molar-refractivity contribution >= 4 is 85.4 Å². The lowest BCUT2D eigenvalue weighted by Crippen LogP contribution is -1.90. The maximum atomic E-state index is 2.41. The first-order valence-corrected chi connectivity index (χ1v) is 18.4. The van der Waals surface area contributed by atoms with E-state index in [0.717, 1.165) is 0 Å². The molecule has 0 saturated heterocycles. The molecular formula is C50H30S. The van der Waals surface area contributed by atoms with Gasteiger partial charge in [0, 0.05) is 20.2 Å². The van der Waals surface area contributed by atoms with Gasteiger partial charge in [0.15, 0.2) is 0 Å². The molecule has 0 saturated carbocycles.